The molecule has 0 aromatic carbocycles. The summed E-state index contributed by atoms with van der Waals surface area (Å²) in [4.78, 5) is 4.77. The number of rotatable bonds is 8. The highest BCUT2D eigenvalue weighted by Crippen LogP contribution is 2.41. The van der Waals surface area contributed by atoms with E-state index in [0.717, 1.165) is 45.2 Å². The summed E-state index contributed by atoms with van der Waals surface area (Å²) in [6.07, 6.45) is 6.44. The minimum absolute atomic E-state index is 0.380. The van der Waals surface area contributed by atoms with Crippen molar-refractivity contribution in [1.29, 1.82) is 0 Å². The molecule has 0 aromatic heterocycles. The molecule has 1 aliphatic rings. The van der Waals surface area contributed by atoms with Crippen LogP contribution in [0, 0.1) is 5.41 Å². The van der Waals surface area contributed by atoms with Crippen LogP contribution in [0.15, 0.2) is 4.99 Å². The number of nitrogens with one attached hydrogen (secondary N) is 2. The van der Waals surface area contributed by atoms with Crippen molar-refractivity contribution in [2.24, 2.45) is 10.4 Å². The van der Waals surface area contributed by atoms with Gasteiger partial charge < -0.3 is 15.4 Å². The van der Waals surface area contributed by atoms with Gasteiger partial charge in [-0.3, -0.25) is 4.99 Å². The number of guanidine groups is 1. The second-order valence-corrected chi connectivity index (χ2v) is 5.38. The number of nitrogens with zero attached hydrogens (tertiary/aromatic N) is 1. The van der Waals surface area contributed by atoms with Gasteiger partial charge in [0.25, 0.3) is 0 Å². The molecule has 0 radical (unpaired) electrons. The molecule has 1 rings (SSSR count). The second-order valence-electron chi connectivity index (χ2n) is 5.38. The van der Waals surface area contributed by atoms with Gasteiger partial charge in [-0.05, 0) is 45.4 Å². The fourth-order valence-corrected chi connectivity index (χ4v) is 2.80. The van der Waals surface area contributed by atoms with Crippen molar-refractivity contribution in [3.63, 3.8) is 0 Å². The van der Waals surface area contributed by atoms with Crippen LogP contribution < -0.4 is 10.6 Å². The van der Waals surface area contributed by atoms with E-state index in [1.165, 1.54) is 25.7 Å². The first-order valence-corrected chi connectivity index (χ1v) is 7.86. The first-order valence-electron chi connectivity index (χ1n) is 7.86. The second kappa shape index (κ2) is 9.18. The van der Waals surface area contributed by atoms with Crippen molar-refractivity contribution < 1.29 is 4.74 Å². The zero-order valence-corrected chi connectivity index (χ0v) is 12.9. The Balaban J connectivity index is 2.53. The molecule has 0 bridgehead atoms. The maximum atomic E-state index is 5.54. The number of aliphatic imine (C=N–C) groups is 1. The molecule has 0 aliphatic heterocycles. The minimum atomic E-state index is 0.380. The van der Waals surface area contributed by atoms with Crippen LogP contribution in [0.2, 0.25) is 0 Å². The Hall–Kier alpha value is -0.770. The molecule has 0 atom stereocenters. The Labute approximate surface area is 118 Å². The van der Waals surface area contributed by atoms with Crippen LogP contribution in [-0.4, -0.2) is 38.8 Å². The molecular formula is C15H31N3O. The van der Waals surface area contributed by atoms with Crippen molar-refractivity contribution in [2.45, 2.75) is 52.9 Å². The van der Waals surface area contributed by atoms with E-state index in [1.54, 1.807) is 0 Å². The summed E-state index contributed by atoms with van der Waals surface area (Å²) < 4.78 is 5.54. The van der Waals surface area contributed by atoms with E-state index in [4.69, 9.17) is 9.73 Å². The van der Waals surface area contributed by atoms with Crippen molar-refractivity contribution in [1.82, 2.24) is 10.6 Å². The van der Waals surface area contributed by atoms with E-state index >= 15 is 0 Å². The van der Waals surface area contributed by atoms with Crippen LogP contribution in [-0.2, 0) is 4.74 Å². The predicted octanol–water partition coefficient (Wildman–Crippen LogP) is 2.55. The maximum Gasteiger partial charge on any atom is 0.191 e. The van der Waals surface area contributed by atoms with Crippen LogP contribution in [0.5, 0.6) is 0 Å². The van der Waals surface area contributed by atoms with Crippen LogP contribution in [0.1, 0.15) is 52.9 Å². The Morgan fingerprint density at radius 1 is 1.11 bits per heavy atom. The molecular weight excluding hydrogens is 238 g/mol. The van der Waals surface area contributed by atoms with Gasteiger partial charge in [0.1, 0.15) is 0 Å². The first kappa shape index (κ1) is 16.3. The summed E-state index contributed by atoms with van der Waals surface area (Å²) in [6, 6.07) is 0. The standard InChI is InChI=1S/C15H31N3O/c1-4-16-14(17-5-2)18-13-15(9-7-8-10-15)11-12-19-6-3/h4-13H2,1-3H3,(H2,16,17,18). The fraction of sp³-hybridized carbons (Fsp3) is 0.933. The molecule has 4 nitrogen and oxygen atoms in total. The molecule has 0 saturated heterocycles. The third kappa shape index (κ3) is 5.81. The molecule has 1 aliphatic carbocycles. The monoisotopic (exact) mass is 269 g/mol. The van der Waals surface area contributed by atoms with Gasteiger partial charge in [-0.2, -0.15) is 0 Å². The average Bonchev–Trinajstić information content (AvgIpc) is 2.86. The highest BCUT2D eigenvalue weighted by Gasteiger charge is 2.33. The predicted molar refractivity (Wildman–Crippen MR) is 81.7 cm³/mol. The van der Waals surface area contributed by atoms with Gasteiger partial charge in [0.15, 0.2) is 5.96 Å². The first-order chi connectivity index (χ1) is 9.26. The molecule has 4 heteroatoms. The lowest BCUT2D eigenvalue weighted by Gasteiger charge is -2.27. The van der Waals surface area contributed by atoms with Gasteiger partial charge in [-0.15, -0.1) is 0 Å². The van der Waals surface area contributed by atoms with Crippen molar-refractivity contribution in [3.8, 4) is 0 Å². The zero-order valence-electron chi connectivity index (χ0n) is 12.9. The quantitative estimate of drug-likeness (QED) is 0.404. The Kier molecular flexibility index (Phi) is 7.87. The van der Waals surface area contributed by atoms with E-state index < -0.39 is 0 Å². The van der Waals surface area contributed by atoms with Crippen LogP contribution in [0.25, 0.3) is 0 Å². The average molecular weight is 269 g/mol. The topological polar surface area (TPSA) is 45.7 Å². The molecule has 2 N–H and O–H groups in total. The molecule has 1 fully saturated rings. The Morgan fingerprint density at radius 3 is 2.26 bits per heavy atom. The van der Waals surface area contributed by atoms with E-state index in [0.29, 0.717) is 5.41 Å². The lowest BCUT2D eigenvalue weighted by molar-refractivity contribution is 0.107. The van der Waals surface area contributed by atoms with E-state index in [9.17, 15) is 0 Å². The van der Waals surface area contributed by atoms with Gasteiger partial charge in [0.2, 0.25) is 0 Å². The van der Waals surface area contributed by atoms with Crippen molar-refractivity contribution in [2.75, 3.05) is 32.8 Å². The molecule has 0 heterocycles. The summed E-state index contributed by atoms with van der Waals surface area (Å²) in [5.41, 5.74) is 0.380. The third-order valence-corrected chi connectivity index (χ3v) is 3.91. The van der Waals surface area contributed by atoms with E-state index in [1.807, 2.05) is 0 Å². The summed E-state index contributed by atoms with van der Waals surface area (Å²) in [5.74, 6) is 0.952. The normalized spacial score (nSPS) is 17.2. The van der Waals surface area contributed by atoms with Crippen LogP contribution in [0.3, 0.4) is 0 Å². The van der Waals surface area contributed by atoms with Crippen LogP contribution in [0.4, 0.5) is 0 Å². The lowest BCUT2D eigenvalue weighted by atomic mass is 9.83. The van der Waals surface area contributed by atoms with E-state index in [-0.39, 0.29) is 0 Å². The number of hydrogen-bond acceptors (Lipinski definition) is 2. The maximum absolute atomic E-state index is 5.54. The number of ether oxygens (including phenoxy) is 1. The van der Waals surface area contributed by atoms with Gasteiger partial charge in [0.05, 0.1) is 0 Å². The molecule has 1 saturated carbocycles. The molecule has 0 spiro atoms. The minimum Gasteiger partial charge on any atom is -0.382 e. The van der Waals surface area contributed by atoms with Crippen molar-refractivity contribution in [3.05, 3.63) is 0 Å². The summed E-state index contributed by atoms with van der Waals surface area (Å²) in [5, 5.41) is 6.60. The number of hydrogen-bond donors (Lipinski definition) is 2. The zero-order chi connectivity index (χ0) is 14.0. The summed E-state index contributed by atoms with van der Waals surface area (Å²) in [7, 11) is 0. The molecule has 0 aromatic rings. The smallest absolute Gasteiger partial charge is 0.191 e. The van der Waals surface area contributed by atoms with Crippen LogP contribution >= 0.6 is 0 Å². The van der Waals surface area contributed by atoms with Gasteiger partial charge in [-0.1, -0.05) is 12.8 Å². The van der Waals surface area contributed by atoms with Gasteiger partial charge >= 0.3 is 0 Å². The molecule has 112 valence electrons. The molecule has 0 amide bonds. The SMILES string of the molecule is CCNC(=NCC1(CCOCC)CCCC1)NCC. The fourth-order valence-electron chi connectivity index (χ4n) is 2.80. The lowest BCUT2D eigenvalue weighted by Crippen LogP contribution is -2.38. The largest absolute Gasteiger partial charge is 0.382 e. The Bertz CT molecular complexity index is 252. The van der Waals surface area contributed by atoms with E-state index in [2.05, 4.69) is 31.4 Å². The van der Waals surface area contributed by atoms with Gasteiger partial charge in [-0.25, -0.2) is 0 Å². The summed E-state index contributed by atoms with van der Waals surface area (Å²) >= 11 is 0. The van der Waals surface area contributed by atoms with Gasteiger partial charge in [0, 0.05) is 32.8 Å². The summed E-state index contributed by atoms with van der Waals surface area (Å²) in [6.45, 7) is 10.7. The highest BCUT2D eigenvalue weighted by molar-refractivity contribution is 5.79. The molecule has 0 unspecified atom stereocenters. The van der Waals surface area contributed by atoms with Crippen molar-refractivity contribution >= 4 is 5.96 Å². The third-order valence-electron chi connectivity index (χ3n) is 3.91. The molecule has 19 heavy (non-hydrogen) atoms. The Morgan fingerprint density at radius 2 is 1.74 bits per heavy atom. The highest BCUT2D eigenvalue weighted by atomic mass is 16.5.